The fraction of sp³-hybridized carbons (Fsp3) is 0.400. The van der Waals surface area contributed by atoms with Gasteiger partial charge in [0.1, 0.15) is 5.69 Å². The van der Waals surface area contributed by atoms with Crippen molar-refractivity contribution in [3.63, 3.8) is 0 Å². The Morgan fingerprint density at radius 3 is 2.86 bits per heavy atom. The van der Waals surface area contributed by atoms with Crippen molar-refractivity contribution < 1.29 is 4.74 Å². The molecule has 1 atom stereocenters. The highest BCUT2D eigenvalue weighted by atomic mass is 16.5. The first-order valence-electron chi connectivity index (χ1n) is 9.90. The molecular formula is C20H24N8O. The Labute approximate surface area is 168 Å². The van der Waals surface area contributed by atoms with Gasteiger partial charge in [-0.1, -0.05) is 0 Å². The zero-order valence-corrected chi connectivity index (χ0v) is 16.8. The Kier molecular flexibility index (Phi) is 4.31. The molecule has 1 saturated heterocycles. The molecule has 9 nitrogen and oxygen atoms in total. The van der Waals surface area contributed by atoms with E-state index in [9.17, 15) is 0 Å². The summed E-state index contributed by atoms with van der Waals surface area (Å²) in [7, 11) is 0. The second-order valence-electron chi connectivity index (χ2n) is 7.64. The van der Waals surface area contributed by atoms with E-state index in [0.717, 1.165) is 40.7 Å². The number of nitrogens with zero attached hydrogens (tertiary/aromatic N) is 7. The molecule has 0 aromatic carbocycles. The summed E-state index contributed by atoms with van der Waals surface area (Å²) in [6.07, 6.45) is 5.40. The molecule has 1 N–H and O–H groups in total. The minimum atomic E-state index is 0.237. The number of morpholine rings is 1. The quantitative estimate of drug-likeness (QED) is 0.574. The first kappa shape index (κ1) is 17.9. The largest absolute Gasteiger partial charge is 0.377 e. The van der Waals surface area contributed by atoms with Crippen molar-refractivity contribution in [1.29, 1.82) is 0 Å². The molecule has 1 fully saturated rings. The summed E-state index contributed by atoms with van der Waals surface area (Å²) in [6.45, 7) is 8.60. The van der Waals surface area contributed by atoms with Crippen LogP contribution in [0.5, 0.6) is 0 Å². The van der Waals surface area contributed by atoms with E-state index >= 15 is 0 Å². The van der Waals surface area contributed by atoms with Gasteiger partial charge in [0.15, 0.2) is 11.5 Å². The van der Waals surface area contributed by atoms with Crippen LogP contribution in [0.25, 0.3) is 28.3 Å². The van der Waals surface area contributed by atoms with E-state index < -0.39 is 0 Å². The van der Waals surface area contributed by atoms with Crippen LogP contribution in [0.1, 0.15) is 26.8 Å². The van der Waals surface area contributed by atoms with Gasteiger partial charge >= 0.3 is 0 Å². The van der Waals surface area contributed by atoms with E-state index in [1.807, 2.05) is 33.7 Å². The van der Waals surface area contributed by atoms with Crippen molar-refractivity contribution in [3.05, 3.63) is 36.8 Å². The second kappa shape index (κ2) is 7.00. The van der Waals surface area contributed by atoms with Crippen molar-refractivity contribution >= 4 is 11.5 Å². The topological polar surface area (TPSA) is 89.2 Å². The van der Waals surface area contributed by atoms with Gasteiger partial charge in [-0.05, 0) is 39.0 Å². The first-order chi connectivity index (χ1) is 14.1. The molecule has 4 aromatic heterocycles. The molecule has 0 aliphatic carbocycles. The fourth-order valence-electron chi connectivity index (χ4n) is 3.87. The van der Waals surface area contributed by atoms with Crippen LogP contribution in [0, 0.1) is 0 Å². The van der Waals surface area contributed by atoms with Crippen molar-refractivity contribution in [2.45, 2.75) is 32.9 Å². The van der Waals surface area contributed by atoms with Gasteiger partial charge in [0.2, 0.25) is 0 Å². The maximum Gasteiger partial charge on any atom is 0.163 e. The molecule has 1 aliphatic heterocycles. The number of hydrogen-bond acceptors (Lipinski definition) is 6. The number of fused-ring (bicyclic) bond motifs is 1. The number of anilines is 1. The standard InChI is InChI=1S/C20H24N8O/c1-13(2)27-17(5-7-23-27)15-10-19(26-8-9-29-12-14(26)3)25-28-18(11-21-20(15)28)16-4-6-22-24-16/h4-7,10-11,13-14H,8-9,12H2,1-3H3,(H,22,24)/t14-/m1/s1. The lowest BCUT2D eigenvalue weighted by atomic mass is 10.1. The van der Waals surface area contributed by atoms with Gasteiger partial charge in [-0.25, -0.2) is 9.50 Å². The third-order valence-corrected chi connectivity index (χ3v) is 5.33. The molecule has 9 heteroatoms. The van der Waals surface area contributed by atoms with Crippen LogP contribution < -0.4 is 4.90 Å². The number of ether oxygens (including phenoxy) is 1. The first-order valence-corrected chi connectivity index (χ1v) is 9.90. The predicted molar refractivity (Wildman–Crippen MR) is 110 cm³/mol. The number of aromatic amines is 1. The molecular weight excluding hydrogens is 368 g/mol. The average Bonchev–Trinajstić information content (AvgIpc) is 3.46. The second-order valence-corrected chi connectivity index (χ2v) is 7.64. The maximum absolute atomic E-state index is 5.63. The lowest BCUT2D eigenvalue weighted by molar-refractivity contribution is 0.0984. The lowest BCUT2D eigenvalue weighted by Gasteiger charge is -2.34. The number of hydrogen-bond donors (Lipinski definition) is 1. The van der Waals surface area contributed by atoms with Gasteiger partial charge in [0.25, 0.3) is 0 Å². The zero-order chi connectivity index (χ0) is 20.0. The molecule has 0 saturated carbocycles. The van der Waals surface area contributed by atoms with Gasteiger partial charge < -0.3 is 9.64 Å². The van der Waals surface area contributed by atoms with Crippen molar-refractivity contribution in [2.75, 3.05) is 24.7 Å². The Morgan fingerprint density at radius 2 is 2.10 bits per heavy atom. The van der Waals surface area contributed by atoms with Crippen LogP contribution in [0.4, 0.5) is 5.82 Å². The molecule has 0 radical (unpaired) electrons. The Hall–Kier alpha value is -3.20. The SMILES string of the molecule is CC(C)n1nccc1-c1cc(N2CCOC[C@H]2C)nn2c(-c3ccn[nH]3)cnc12. The average molecular weight is 392 g/mol. The number of H-pyrrole nitrogens is 1. The van der Waals surface area contributed by atoms with Crippen LogP contribution in [0.15, 0.2) is 36.8 Å². The van der Waals surface area contributed by atoms with Gasteiger partial charge in [-0.2, -0.15) is 10.2 Å². The van der Waals surface area contributed by atoms with Gasteiger partial charge in [0, 0.05) is 30.5 Å². The molecule has 1 aliphatic rings. The van der Waals surface area contributed by atoms with E-state index in [0.29, 0.717) is 13.2 Å². The minimum absolute atomic E-state index is 0.237. The highest BCUT2D eigenvalue weighted by molar-refractivity contribution is 5.79. The summed E-state index contributed by atoms with van der Waals surface area (Å²) in [5.74, 6) is 0.901. The van der Waals surface area contributed by atoms with E-state index in [-0.39, 0.29) is 12.1 Å². The third-order valence-electron chi connectivity index (χ3n) is 5.33. The van der Waals surface area contributed by atoms with Gasteiger partial charge in [-0.15, -0.1) is 5.10 Å². The normalized spacial score (nSPS) is 17.5. The molecule has 150 valence electrons. The smallest absolute Gasteiger partial charge is 0.163 e. The maximum atomic E-state index is 5.63. The molecule has 0 spiro atoms. The molecule has 4 aromatic rings. The van der Waals surface area contributed by atoms with E-state index in [1.54, 1.807) is 6.20 Å². The number of aromatic nitrogens is 7. The van der Waals surface area contributed by atoms with Gasteiger partial charge in [-0.3, -0.25) is 9.78 Å². The number of rotatable bonds is 4. The highest BCUT2D eigenvalue weighted by Gasteiger charge is 2.24. The van der Waals surface area contributed by atoms with Crippen molar-refractivity contribution in [1.82, 2.24) is 34.6 Å². The zero-order valence-electron chi connectivity index (χ0n) is 16.8. The minimum Gasteiger partial charge on any atom is -0.377 e. The Bertz CT molecular complexity index is 1130. The van der Waals surface area contributed by atoms with Crippen LogP contribution in [-0.2, 0) is 4.74 Å². The lowest BCUT2D eigenvalue weighted by Crippen LogP contribution is -2.44. The summed E-state index contributed by atoms with van der Waals surface area (Å²) in [4.78, 5) is 7.00. The highest BCUT2D eigenvalue weighted by Crippen LogP contribution is 2.32. The predicted octanol–water partition coefficient (Wildman–Crippen LogP) is 2.79. The third kappa shape index (κ3) is 2.98. The van der Waals surface area contributed by atoms with Crippen LogP contribution >= 0.6 is 0 Å². The molecule has 0 unspecified atom stereocenters. The molecule has 5 heterocycles. The Balaban J connectivity index is 1.76. The Morgan fingerprint density at radius 1 is 1.21 bits per heavy atom. The summed E-state index contributed by atoms with van der Waals surface area (Å²) >= 11 is 0. The molecule has 5 rings (SSSR count). The monoisotopic (exact) mass is 392 g/mol. The summed E-state index contributed by atoms with van der Waals surface area (Å²) in [5, 5.41) is 16.6. The number of imidazole rings is 1. The fourth-order valence-corrected chi connectivity index (χ4v) is 3.87. The molecule has 0 bridgehead atoms. The van der Waals surface area contributed by atoms with Crippen molar-refractivity contribution in [2.24, 2.45) is 0 Å². The number of nitrogens with one attached hydrogen (secondary N) is 1. The summed E-state index contributed by atoms with van der Waals surface area (Å²) in [6, 6.07) is 6.56. The summed E-state index contributed by atoms with van der Waals surface area (Å²) in [5.41, 5.74) is 4.57. The van der Waals surface area contributed by atoms with E-state index in [2.05, 4.69) is 47.0 Å². The molecule has 29 heavy (non-hydrogen) atoms. The summed E-state index contributed by atoms with van der Waals surface area (Å²) < 4.78 is 9.55. The van der Waals surface area contributed by atoms with E-state index in [4.69, 9.17) is 14.8 Å². The van der Waals surface area contributed by atoms with E-state index in [1.165, 1.54) is 0 Å². The van der Waals surface area contributed by atoms with Crippen molar-refractivity contribution in [3.8, 4) is 22.6 Å². The van der Waals surface area contributed by atoms with Crippen LogP contribution in [-0.4, -0.2) is 60.4 Å². The van der Waals surface area contributed by atoms with Gasteiger partial charge in [0.05, 0.1) is 36.8 Å². The van der Waals surface area contributed by atoms with Crippen LogP contribution in [0.3, 0.4) is 0 Å². The molecule has 0 amide bonds. The van der Waals surface area contributed by atoms with Crippen LogP contribution in [0.2, 0.25) is 0 Å².